The summed E-state index contributed by atoms with van der Waals surface area (Å²) in [6.07, 6.45) is -1.55. The molecule has 0 saturated heterocycles. The van der Waals surface area contributed by atoms with E-state index in [2.05, 4.69) is 4.52 Å². The third-order valence-corrected chi connectivity index (χ3v) is 1.33. The molecular weight excluding hydrogens is 175 g/mol. The lowest BCUT2D eigenvalue weighted by molar-refractivity contribution is -0.342. The Morgan fingerprint density at radius 3 is 2.45 bits per heavy atom. The summed E-state index contributed by atoms with van der Waals surface area (Å²) in [6.45, 7) is 0.244. The lowest BCUT2D eigenvalue weighted by Crippen LogP contribution is -2.26. The number of phosphoric acid groups is 1. The smallest absolute Gasteiger partial charge is 0.160 e. The highest BCUT2D eigenvalue weighted by Crippen LogP contribution is 2.24. The molecule has 0 aliphatic rings. The van der Waals surface area contributed by atoms with Crippen LogP contribution in [0, 0.1) is 0 Å². The van der Waals surface area contributed by atoms with E-state index in [1.165, 1.54) is 0 Å². The number of phosphoric ester groups is 1. The Balaban J connectivity index is 3.72. The SMILES string of the molecule is CC(=O)[C@@H](O)COP(=O)([O-])[O-]. The summed E-state index contributed by atoms with van der Waals surface area (Å²) in [4.78, 5) is 29.8. The average Bonchev–Trinajstić information content (AvgIpc) is 1.80. The Morgan fingerprint density at radius 1 is 1.73 bits per heavy atom. The minimum atomic E-state index is -5.07. The molecule has 1 N–H and O–H groups in total. The molecule has 0 spiro atoms. The van der Waals surface area contributed by atoms with Crippen molar-refractivity contribution < 1.29 is 28.8 Å². The molecule has 0 saturated carbocycles. The van der Waals surface area contributed by atoms with E-state index >= 15 is 0 Å². The van der Waals surface area contributed by atoms with Crippen LogP contribution in [0.15, 0.2) is 0 Å². The minimum Gasteiger partial charge on any atom is -0.790 e. The van der Waals surface area contributed by atoms with Gasteiger partial charge in [0.15, 0.2) is 5.78 Å². The van der Waals surface area contributed by atoms with Crippen LogP contribution < -0.4 is 9.79 Å². The number of Topliss-reactive ketones (excluding diaryl/α,β-unsaturated/α-hetero) is 1. The van der Waals surface area contributed by atoms with Gasteiger partial charge >= 0.3 is 0 Å². The Morgan fingerprint density at radius 2 is 2.18 bits per heavy atom. The zero-order chi connectivity index (χ0) is 9.07. The monoisotopic (exact) mass is 182 g/mol. The summed E-state index contributed by atoms with van der Waals surface area (Å²) in [7, 11) is -5.07. The average molecular weight is 182 g/mol. The van der Waals surface area contributed by atoms with Gasteiger partial charge in [0, 0.05) is 0 Å². The van der Waals surface area contributed by atoms with Gasteiger partial charge in [-0.05, 0) is 6.92 Å². The zero-order valence-electron chi connectivity index (χ0n) is 5.72. The van der Waals surface area contributed by atoms with Crippen molar-refractivity contribution in [3.8, 4) is 0 Å². The Bertz CT molecular complexity index is 183. The van der Waals surface area contributed by atoms with Crippen molar-refractivity contribution in [3.63, 3.8) is 0 Å². The molecule has 0 bridgehead atoms. The maximum atomic E-state index is 10.2. The molecule has 0 aromatic carbocycles. The Hall–Kier alpha value is -0.260. The molecule has 0 fully saturated rings. The van der Waals surface area contributed by atoms with Crippen molar-refractivity contribution in [2.24, 2.45) is 0 Å². The van der Waals surface area contributed by atoms with E-state index in [1.807, 2.05) is 0 Å². The first-order chi connectivity index (χ1) is 4.83. The van der Waals surface area contributed by atoms with Gasteiger partial charge in [0.25, 0.3) is 0 Å². The van der Waals surface area contributed by atoms with Gasteiger partial charge < -0.3 is 24.0 Å². The number of ketones is 1. The summed E-state index contributed by atoms with van der Waals surface area (Å²) in [6, 6.07) is 0. The molecule has 0 heterocycles. The second-order valence-electron chi connectivity index (χ2n) is 1.87. The van der Waals surface area contributed by atoms with E-state index in [-0.39, 0.29) is 0 Å². The van der Waals surface area contributed by atoms with Crippen LogP contribution in [-0.2, 0) is 13.9 Å². The van der Waals surface area contributed by atoms with Crippen LogP contribution in [0.1, 0.15) is 6.92 Å². The van der Waals surface area contributed by atoms with Crippen molar-refractivity contribution in [2.75, 3.05) is 6.61 Å². The van der Waals surface area contributed by atoms with E-state index in [1.54, 1.807) is 0 Å². The van der Waals surface area contributed by atoms with E-state index < -0.39 is 26.3 Å². The van der Waals surface area contributed by atoms with Crippen molar-refractivity contribution in [2.45, 2.75) is 13.0 Å². The van der Waals surface area contributed by atoms with Crippen molar-refractivity contribution >= 4 is 13.6 Å². The van der Waals surface area contributed by atoms with Crippen molar-refractivity contribution in [1.29, 1.82) is 0 Å². The van der Waals surface area contributed by atoms with Crippen LogP contribution >= 0.6 is 7.82 Å². The number of rotatable bonds is 4. The first-order valence-electron chi connectivity index (χ1n) is 2.68. The van der Waals surface area contributed by atoms with Gasteiger partial charge in [-0.15, -0.1) is 0 Å². The number of aliphatic hydroxyl groups is 1. The largest absolute Gasteiger partial charge is 0.790 e. The van der Waals surface area contributed by atoms with Gasteiger partial charge in [-0.25, -0.2) is 0 Å². The molecule has 0 radical (unpaired) electrons. The molecule has 0 aromatic heterocycles. The van der Waals surface area contributed by atoms with Crippen LogP contribution in [-0.4, -0.2) is 23.6 Å². The quantitative estimate of drug-likeness (QED) is 0.493. The molecule has 0 rings (SSSR count). The number of hydrogen-bond acceptors (Lipinski definition) is 6. The maximum Gasteiger partial charge on any atom is 0.160 e. The number of hydrogen-bond donors (Lipinski definition) is 1. The molecule has 0 amide bonds. The Labute approximate surface area is 63.0 Å². The molecule has 0 aromatic rings. The predicted octanol–water partition coefficient (Wildman–Crippen LogP) is -2.22. The minimum absolute atomic E-state index is 0.654. The third kappa shape index (κ3) is 6.15. The second-order valence-corrected chi connectivity index (χ2v) is 3.02. The van der Waals surface area contributed by atoms with E-state index in [9.17, 15) is 19.1 Å². The van der Waals surface area contributed by atoms with Gasteiger partial charge in [0.1, 0.15) is 6.10 Å². The van der Waals surface area contributed by atoms with E-state index in [4.69, 9.17) is 5.11 Å². The summed E-state index contributed by atoms with van der Waals surface area (Å²) >= 11 is 0. The lowest BCUT2D eigenvalue weighted by atomic mass is 10.3. The highest BCUT2D eigenvalue weighted by atomic mass is 31.2. The normalized spacial score (nSPS) is 14.5. The highest BCUT2D eigenvalue weighted by molar-refractivity contribution is 7.43. The van der Waals surface area contributed by atoms with Crippen LogP contribution in [0.2, 0.25) is 0 Å². The van der Waals surface area contributed by atoms with E-state index in [0.717, 1.165) is 6.92 Å². The molecule has 7 heteroatoms. The summed E-state index contributed by atoms with van der Waals surface area (Å²) in [5.41, 5.74) is 0. The van der Waals surface area contributed by atoms with E-state index in [0.29, 0.717) is 0 Å². The standard InChI is InChI=1S/C4H9O6P/c1-3(5)4(6)2-10-11(7,8)9/h4,6H,2H2,1H3,(H2,7,8,9)/p-2/t4-/m0/s1. The topological polar surface area (TPSA) is 110 Å². The third-order valence-electron chi connectivity index (χ3n) is 0.860. The molecule has 0 unspecified atom stereocenters. The predicted molar refractivity (Wildman–Crippen MR) is 30.2 cm³/mol. The number of aliphatic hydroxyl groups excluding tert-OH is 1. The molecular formula is C4H7O6P-2. The highest BCUT2D eigenvalue weighted by Gasteiger charge is 2.09. The molecule has 66 valence electrons. The van der Waals surface area contributed by atoms with Gasteiger partial charge in [-0.3, -0.25) is 4.79 Å². The molecule has 11 heavy (non-hydrogen) atoms. The molecule has 0 aliphatic carbocycles. The summed E-state index contributed by atoms with van der Waals surface area (Å²) in [5.74, 6) is -0.654. The summed E-state index contributed by atoms with van der Waals surface area (Å²) in [5, 5.41) is 8.62. The number of carbonyl (C=O) groups is 1. The van der Waals surface area contributed by atoms with Gasteiger partial charge in [0.2, 0.25) is 0 Å². The van der Waals surface area contributed by atoms with Crippen LogP contribution in [0.3, 0.4) is 0 Å². The van der Waals surface area contributed by atoms with Gasteiger partial charge in [0.05, 0.1) is 14.4 Å². The van der Waals surface area contributed by atoms with Crippen molar-refractivity contribution in [3.05, 3.63) is 0 Å². The lowest BCUT2D eigenvalue weighted by Gasteiger charge is -2.29. The first-order valence-corrected chi connectivity index (χ1v) is 4.14. The van der Waals surface area contributed by atoms with Crippen LogP contribution in [0.5, 0.6) is 0 Å². The van der Waals surface area contributed by atoms with Gasteiger partial charge in [-0.1, -0.05) is 0 Å². The zero-order valence-corrected chi connectivity index (χ0v) is 6.61. The fourth-order valence-corrected chi connectivity index (χ4v) is 0.603. The fraction of sp³-hybridized carbons (Fsp3) is 0.750. The molecule has 1 atom stereocenters. The first kappa shape index (κ1) is 10.7. The summed E-state index contributed by atoms with van der Waals surface area (Å²) < 4.78 is 13.4. The van der Waals surface area contributed by atoms with Crippen LogP contribution in [0.25, 0.3) is 0 Å². The maximum absolute atomic E-state index is 10.2. The fourth-order valence-electron chi connectivity index (χ4n) is 0.279. The van der Waals surface area contributed by atoms with Crippen LogP contribution in [0.4, 0.5) is 0 Å². The van der Waals surface area contributed by atoms with Crippen molar-refractivity contribution in [1.82, 2.24) is 0 Å². The number of carbonyl (C=O) groups excluding carboxylic acids is 1. The molecule has 6 nitrogen and oxygen atoms in total. The van der Waals surface area contributed by atoms with Gasteiger partial charge in [-0.2, -0.15) is 0 Å². The molecule has 0 aliphatic heterocycles. The Kier molecular flexibility index (Phi) is 3.85. The second kappa shape index (κ2) is 3.94.